The normalized spacial score (nSPS) is 30.4. The average Bonchev–Trinajstić information content (AvgIpc) is 3.19. The lowest BCUT2D eigenvalue weighted by atomic mass is 9.88. The van der Waals surface area contributed by atoms with Gasteiger partial charge in [0.15, 0.2) is 0 Å². The lowest BCUT2D eigenvalue weighted by Crippen LogP contribution is -2.51. The van der Waals surface area contributed by atoms with Gasteiger partial charge in [0.2, 0.25) is 0 Å². The van der Waals surface area contributed by atoms with Gasteiger partial charge in [-0.2, -0.15) is 0 Å². The van der Waals surface area contributed by atoms with Crippen molar-refractivity contribution in [1.82, 2.24) is 10.2 Å². The maximum absolute atomic E-state index is 9.96. The van der Waals surface area contributed by atoms with Crippen molar-refractivity contribution in [1.29, 1.82) is 0 Å². The Labute approximate surface area is 125 Å². The van der Waals surface area contributed by atoms with Gasteiger partial charge in [-0.15, -0.1) is 0 Å². The molecule has 20 heavy (non-hydrogen) atoms. The van der Waals surface area contributed by atoms with Gasteiger partial charge in [0.05, 0.1) is 6.10 Å². The van der Waals surface area contributed by atoms with Crippen LogP contribution in [0.15, 0.2) is 0 Å². The van der Waals surface area contributed by atoms with Gasteiger partial charge in [0, 0.05) is 31.7 Å². The van der Waals surface area contributed by atoms with Gasteiger partial charge in [-0.25, -0.2) is 0 Å². The van der Waals surface area contributed by atoms with E-state index >= 15 is 0 Å². The topological polar surface area (TPSA) is 35.5 Å². The molecule has 3 atom stereocenters. The molecular weight excluding hydrogens is 248 g/mol. The monoisotopic (exact) mass is 282 g/mol. The molecule has 1 aliphatic heterocycles. The van der Waals surface area contributed by atoms with Crippen molar-refractivity contribution in [3.8, 4) is 0 Å². The maximum atomic E-state index is 9.96. The lowest BCUT2D eigenvalue weighted by molar-refractivity contribution is 0.0781. The molecule has 0 radical (unpaired) electrons. The number of rotatable bonds is 6. The molecular formula is C17H34N2O. The fraction of sp³-hybridized carbons (Fsp3) is 1.00. The molecule has 1 heterocycles. The van der Waals surface area contributed by atoms with Gasteiger partial charge in [0.25, 0.3) is 0 Å². The predicted octanol–water partition coefficient (Wildman–Crippen LogP) is 2.64. The van der Waals surface area contributed by atoms with Gasteiger partial charge < -0.3 is 10.4 Å². The molecule has 0 bridgehead atoms. The molecule has 118 valence electrons. The van der Waals surface area contributed by atoms with E-state index in [1.165, 1.54) is 32.4 Å². The number of nitrogens with zero attached hydrogens (tertiary/aromatic N) is 1. The summed E-state index contributed by atoms with van der Waals surface area (Å²) in [4.78, 5) is 2.68. The molecule has 0 aromatic rings. The summed E-state index contributed by atoms with van der Waals surface area (Å²) in [6.45, 7) is 12.5. The zero-order valence-electron chi connectivity index (χ0n) is 13.9. The average molecular weight is 282 g/mol. The van der Waals surface area contributed by atoms with Crippen LogP contribution in [-0.4, -0.2) is 47.8 Å². The van der Waals surface area contributed by atoms with Crippen LogP contribution in [0.1, 0.15) is 59.8 Å². The molecule has 2 fully saturated rings. The smallest absolute Gasteiger partial charge is 0.0540 e. The van der Waals surface area contributed by atoms with Crippen LogP contribution in [0.2, 0.25) is 0 Å². The summed E-state index contributed by atoms with van der Waals surface area (Å²) in [6, 6.07) is 1.45. The Kier molecular flexibility index (Phi) is 5.49. The largest absolute Gasteiger partial charge is 0.393 e. The summed E-state index contributed by atoms with van der Waals surface area (Å²) < 4.78 is 0. The van der Waals surface area contributed by atoms with E-state index in [4.69, 9.17) is 0 Å². The lowest BCUT2D eigenvalue weighted by Gasteiger charge is -2.40. The van der Waals surface area contributed by atoms with E-state index in [0.717, 1.165) is 25.4 Å². The van der Waals surface area contributed by atoms with Crippen LogP contribution < -0.4 is 5.32 Å². The Bertz CT molecular complexity index is 296. The van der Waals surface area contributed by atoms with Crippen LogP contribution in [0.3, 0.4) is 0 Å². The molecule has 0 aromatic carbocycles. The summed E-state index contributed by atoms with van der Waals surface area (Å²) in [5, 5.41) is 13.7. The highest BCUT2D eigenvalue weighted by atomic mass is 16.3. The second-order valence-corrected chi connectivity index (χ2v) is 8.22. The minimum Gasteiger partial charge on any atom is -0.393 e. The molecule has 3 heteroatoms. The fourth-order valence-corrected chi connectivity index (χ4v) is 3.30. The summed E-state index contributed by atoms with van der Waals surface area (Å²) >= 11 is 0. The van der Waals surface area contributed by atoms with Crippen molar-refractivity contribution in [2.75, 3.05) is 19.6 Å². The summed E-state index contributed by atoms with van der Waals surface area (Å²) in [7, 11) is 0. The number of piperidine rings is 1. The van der Waals surface area contributed by atoms with E-state index < -0.39 is 0 Å². The Hall–Kier alpha value is -0.120. The van der Waals surface area contributed by atoms with E-state index in [9.17, 15) is 5.11 Å². The van der Waals surface area contributed by atoms with E-state index in [1.807, 2.05) is 0 Å². The third-order valence-corrected chi connectivity index (χ3v) is 4.63. The number of aliphatic hydroxyl groups excluding tert-OH is 1. The van der Waals surface area contributed by atoms with Crippen LogP contribution in [0.5, 0.6) is 0 Å². The first kappa shape index (κ1) is 16.3. The minimum atomic E-state index is -0.109. The molecule has 0 spiro atoms. The molecule has 0 amide bonds. The van der Waals surface area contributed by atoms with E-state index in [2.05, 4.69) is 37.9 Å². The van der Waals surface area contributed by atoms with Crippen molar-refractivity contribution in [2.24, 2.45) is 11.3 Å². The number of aliphatic hydroxyl groups is 1. The Balaban J connectivity index is 1.86. The predicted molar refractivity (Wildman–Crippen MR) is 84.9 cm³/mol. The van der Waals surface area contributed by atoms with Crippen LogP contribution in [-0.2, 0) is 0 Å². The minimum absolute atomic E-state index is 0.109. The Morgan fingerprint density at radius 1 is 1.25 bits per heavy atom. The zero-order chi connectivity index (χ0) is 14.8. The molecule has 2 rings (SSSR count). The Morgan fingerprint density at radius 3 is 2.50 bits per heavy atom. The van der Waals surface area contributed by atoms with E-state index in [1.54, 1.807) is 0 Å². The van der Waals surface area contributed by atoms with Crippen LogP contribution in [0.4, 0.5) is 0 Å². The second kappa shape index (κ2) is 6.76. The SMILES string of the molecule is CCC(O)CC1CC(NCC(C)(C)C)CN(C2CC2)C1. The molecule has 0 aromatic heterocycles. The fourth-order valence-electron chi connectivity index (χ4n) is 3.30. The van der Waals surface area contributed by atoms with Crippen molar-refractivity contribution in [3.63, 3.8) is 0 Å². The van der Waals surface area contributed by atoms with Crippen LogP contribution >= 0.6 is 0 Å². The van der Waals surface area contributed by atoms with Crippen molar-refractivity contribution < 1.29 is 5.11 Å². The molecule has 2 aliphatic rings. The molecule has 3 nitrogen and oxygen atoms in total. The first-order chi connectivity index (χ1) is 9.37. The number of likely N-dealkylation sites (tertiary alicyclic amines) is 1. The summed E-state index contributed by atoms with van der Waals surface area (Å²) in [5.74, 6) is 0.664. The number of nitrogens with one attached hydrogen (secondary N) is 1. The van der Waals surface area contributed by atoms with E-state index in [-0.39, 0.29) is 6.10 Å². The molecule has 2 N–H and O–H groups in total. The van der Waals surface area contributed by atoms with Gasteiger partial charge in [-0.1, -0.05) is 27.7 Å². The first-order valence-corrected chi connectivity index (χ1v) is 8.53. The van der Waals surface area contributed by atoms with Gasteiger partial charge in [-0.3, -0.25) is 4.90 Å². The van der Waals surface area contributed by atoms with Gasteiger partial charge in [-0.05, 0) is 43.4 Å². The Morgan fingerprint density at radius 2 is 1.95 bits per heavy atom. The van der Waals surface area contributed by atoms with Crippen molar-refractivity contribution >= 4 is 0 Å². The van der Waals surface area contributed by atoms with E-state index in [0.29, 0.717) is 17.4 Å². The van der Waals surface area contributed by atoms with Gasteiger partial charge >= 0.3 is 0 Å². The van der Waals surface area contributed by atoms with Gasteiger partial charge in [0.1, 0.15) is 0 Å². The third kappa shape index (κ3) is 5.34. The number of hydrogen-bond acceptors (Lipinski definition) is 3. The van der Waals surface area contributed by atoms with Crippen LogP contribution in [0, 0.1) is 11.3 Å². The highest BCUT2D eigenvalue weighted by molar-refractivity contribution is 4.93. The highest BCUT2D eigenvalue weighted by Crippen LogP contribution is 2.32. The highest BCUT2D eigenvalue weighted by Gasteiger charge is 2.36. The summed E-state index contributed by atoms with van der Waals surface area (Å²) in [6.07, 6.45) is 5.76. The van der Waals surface area contributed by atoms with Crippen molar-refractivity contribution in [3.05, 3.63) is 0 Å². The van der Waals surface area contributed by atoms with Crippen LogP contribution in [0.25, 0.3) is 0 Å². The third-order valence-electron chi connectivity index (χ3n) is 4.63. The quantitative estimate of drug-likeness (QED) is 0.786. The first-order valence-electron chi connectivity index (χ1n) is 8.53. The number of hydrogen-bond donors (Lipinski definition) is 2. The second-order valence-electron chi connectivity index (χ2n) is 8.22. The standard InChI is InChI=1S/C17H34N2O/c1-5-16(20)9-13-8-14(18-12-17(2,3)4)11-19(10-13)15-6-7-15/h13-16,18,20H,5-12H2,1-4H3. The molecule has 1 aliphatic carbocycles. The zero-order valence-corrected chi connectivity index (χ0v) is 13.9. The molecule has 1 saturated carbocycles. The molecule has 1 saturated heterocycles. The maximum Gasteiger partial charge on any atom is 0.0540 e. The molecule has 3 unspecified atom stereocenters. The summed E-state index contributed by atoms with van der Waals surface area (Å²) in [5.41, 5.74) is 0.348. The van der Waals surface area contributed by atoms with Crippen molar-refractivity contribution in [2.45, 2.75) is 78.0 Å².